The van der Waals surface area contributed by atoms with E-state index in [1.54, 1.807) is 4.52 Å². The van der Waals surface area contributed by atoms with Crippen molar-refractivity contribution in [3.8, 4) is 22.5 Å². The smallest absolute Gasteiger partial charge is 0.308 e. The van der Waals surface area contributed by atoms with E-state index in [0.29, 0.717) is 22.9 Å². The molecular weight excluding hydrogens is 426 g/mol. The van der Waals surface area contributed by atoms with E-state index in [2.05, 4.69) is 48.0 Å². The lowest BCUT2D eigenvalue weighted by Gasteiger charge is -2.38. The molecule has 34 heavy (non-hydrogen) atoms. The van der Waals surface area contributed by atoms with Gasteiger partial charge in [0, 0.05) is 29.9 Å². The molecule has 2 aromatic carbocycles. The van der Waals surface area contributed by atoms with Crippen LogP contribution in [0.15, 0.2) is 54.6 Å². The van der Waals surface area contributed by atoms with E-state index in [1.165, 1.54) is 0 Å². The maximum atomic E-state index is 11.7. The molecule has 0 spiro atoms. The molecule has 4 aromatic rings. The fourth-order valence-corrected chi connectivity index (χ4v) is 4.62. The van der Waals surface area contributed by atoms with Crippen molar-refractivity contribution in [2.45, 2.75) is 40.0 Å². The van der Waals surface area contributed by atoms with Crippen molar-refractivity contribution in [2.24, 2.45) is 5.41 Å². The van der Waals surface area contributed by atoms with Crippen LogP contribution in [0.25, 0.3) is 28.3 Å². The summed E-state index contributed by atoms with van der Waals surface area (Å²) >= 11 is 0. The third-order valence-electron chi connectivity index (χ3n) is 6.74. The van der Waals surface area contributed by atoms with Crippen LogP contribution in [0.4, 0.5) is 5.82 Å². The van der Waals surface area contributed by atoms with Gasteiger partial charge in [-0.25, -0.2) is 4.98 Å². The Labute approximate surface area is 199 Å². The van der Waals surface area contributed by atoms with Gasteiger partial charge >= 0.3 is 5.97 Å². The number of rotatable bonds is 5. The average molecular weight is 456 g/mol. The molecule has 0 amide bonds. The maximum absolute atomic E-state index is 11.7. The molecule has 3 heterocycles. The normalized spacial score (nSPS) is 15.6. The fraction of sp³-hybridized carbons (Fsp3) is 0.333. The van der Waals surface area contributed by atoms with Crippen molar-refractivity contribution in [2.75, 3.05) is 18.0 Å². The maximum Gasteiger partial charge on any atom is 0.308 e. The molecule has 0 atom stereocenters. The van der Waals surface area contributed by atoms with Gasteiger partial charge in [0.2, 0.25) is 0 Å². The number of aromatic nitrogens is 4. The summed E-state index contributed by atoms with van der Waals surface area (Å²) in [6.45, 7) is 8.11. The van der Waals surface area contributed by atoms with E-state index in [9.17, 15) is 9.90 Å². The monoisotopic (exact) mass is 455 g/mol. The first kappa shape index (κ1) is 22.1. The molecule has 1 fully saturated rings. The Bertz CT molecular complexity index is 1350. The number of aliphatic carboxylic acids is 1. The van der Waals surface area contributed by atoms with Gasteiger partial charge in [0.05, 0.1) is 6.42 Å². The summed E-state index contributed by atoms with van der Waals surface area (Å²) in [4.78, 5) is 23.3. The first-order valence-corrected chi connectivity index (χ1v) is 11.7. The van der Waals surface area contributed by atoms with Gasteiger partial charge in [-0.05, 0) is 42.4 Å². The zero-order valence-corrected chi connectivity index (χ0v) is 19.8. The van der Waals surface area contributed by atoms with E-state index in [4.69, 9.17) is 10.1 Å². The van der Waals surface area contributed by atoms with Crippen LogP contribution in [-0.2, 0) is 11.2 Å². The zero-order valence-electron chi connectivity index (χ0n) is 19.8. The molecular formula is C27H29N5O2. The number of aryl methyl sites for hydroxylation is 1. The van der Waals surface area contributed by atoms with Crippen LogP contribution in [0.1, 0.15) is 37.9 Å². The lowest BCUT2D eigenvalue weighted by molar-refractivity contribution is -0.136. The first-order valence-electron chi connectivity index (χ1n) is 11.7. The molecule has 1 saturated heterocycles. The third kappa shape index (κ3) is 4.25. The Kier molecular flexibility index (Phi) is 5.55. The second-order valence-corrected chi connectivity index (χ2v) is 9.82. The molecule has 0 unspecified atom stereocenters. The lowest BCUT2D eigenvalue weighted by Crippen LogP contribution is -2.39. The highest BCUT2D eigenvalue weighted by atomic mass is 16.4. The van der Waals surface area contributed by atoms with Gasteiger partial charge < -0.3 is 10.0 Å². The number of nitrogens with zero attached hydrogens (tertiary/aromatic N) is 5. The van der Waals surface area contributed by atoms with Gasteiger partial charge in [-0.2, -0.15) is 9.50 Å². The second-order valence-electron chi connectivity index (χ2n) is 9.82. The Balaban J connectivity index is 1.62. The number of carboxylic acids is 1. The van der Waals surface area contributed by atoms with Crippen LogP contribution in [0, 0.1) is 12.3 Å². The van der Waals surface area contributed by atoms with Crippen molar-refractivity contribution in [3.63, 3.8) is 0 Å². The standard InChI is InChI=1S/C27H29N5O2/c1-18-22(17-23(33)34)25(31-14-12-27(2,3)13-15-31)32-26(28-18)29-24(30-32)21-11-7-10-20(16-21)19-8-5-4-6-9-19/h4-11,16H,12-15,17H2,1-3H3,(H,33,34). The minimum atomic E-state index is -0.876. The number of carbonyl (C=O) groups is 1. The van der Waals surface area contributed by atoms with Gasteiger partial charge in [-0.15, -0.1) is 5.10 Å². The number of carboxylic acid groups (broad SMARTS) is 1. The van der Waals surface area contributed by atoms with E-state index < -0.39 is 5.97 Å². The lowest BCUT2D eigenvalue weighted by atomic mass is 9.82. The number of anilines is 1. The summed E-state index contributed by atoms with van der Waals surface area (Å²) < 4.78 is 1.74. The number of benzene rings is 2. The third-order valence-corrected chi connectivity index (χ3v) is 6.74. The number of hydrogen-bond donors (Lipinski definition) is 1. The molecule has 1 N–H and O–H groups in total. The molecule has 0 saturated carbocycles. The van der Waals surface area contributed by atoms with Gasteiger partial charge in [-0.3, -0.25) is 4.79 Å². The van der Waals surface area contributed by atoms with Crippen LogP contribution < -0.4 is 4.90 Å². The Morgan fingerprint density at radius 1 is 0.971 bits per heavy atom. The summed E-state index contributed by atoms with van der Waals surface area (Å²) in [5.41, 5.74) is 4.78. The molecule has 174 valence electrons. The highest BCUT2D eigenvalue weighted by Gasteiger charge is 2.30. The Morgan fingerprint density at radius 2 is 1.65 bits per heavy atom. The molecule has 7 heteroatoms. The number of hydrogen-bond acceptors (Lipinski definition) is 5. The van der Waals surface area contributed by atoms with Crippen LogP contribution >= 0.6 is 0 Å². The van der Waals surface area contributed by atoms with E-state index in [-0.39, 0.29) is 11.8 Å². The molecule has 1 aliphatic heterocycles. The summed E-state index contributed by atoms with van der Waals surface area (Å²) in [6.07, 6.45) is 1.97. The van der Waals surface area contributed by atoms with Gasteiger partial charge in [-0.1, -0.05) is 62.4 Å². The van der Waals surface area contributed by atoms with Crippen molar-refractivity contribution in [1.82, 2.24) is 19.6 Å². The zero-order chi connectivity index (χ0) is 23.9. The van der Waals surface area contributed by atoms with Gasteiger partial charge in [0.25, 0.3) is 5.78 Å². The summed E-state index contributed by atoms with van der Waals surface area (Å²) in [7, 11) is 0. The van der Waals surface area contributed by atoms with Crippen molar-refractivity contribution in [3.05, 3.63) is 65.9 Å². The van der Waals surface area contributed by atoms with E-state index >= 15 is 0 Å². The summed E-state index contributed by atoms with van der Waals surface area (Å²) in [5, 5.41) is 14.4. The van der Waals surface area contributed by atoms with E-state index in [0.717, 1.165) is 48.4 Å². The first-order chi connectivity index (χ1) is 16.3. The van der Waals surface area contributed by atoms with Gasteiger partial charge in [0.15, 0.2) is 5.82 Å². The molecule has 5 rings (SSSR count). The van der Waals surface area contributed by atoms with Crippen molar-refractivity contribution in [1.29, 1.82) is 0 Å². The highest BCUT2D eigenvalue weighted by molar-refractivity contribution is 5.75. The topological polar surface area (TPSA) is 83.6 Å². The van der Waals surface area contributed by atoms with Gasteiger partial charge in [0.1, 0.15) is 5.82 Å². The fourth-order valence-electron chi connectivity index (χ4n) is 4.62. The molecule has 0 bridgehead atoms. The average Bonchev–Trinajstić information content (AvgIpc) is 3.24. The molecule has 2 aromatic heterocycles. The highest BCUT2D eigenvalue weighted by Crippen LogP contribution is 2.35. The van der Waals surface area contributed by atoms with Crippen LogP contribution in [-0.4, -0.2) is 43.7 Å². The van der Waals surface area contributed by atoms with Crippen molar-refractivity contribution >= 4 is 17.6 Å². The number of fused-ring (bicyclic) bond motifs is 1. The summed E-state index contributed by atoms with van der Waals surface area (Å²) in [5.74, 6) is 0.999. The minimum Gasteiger partial charge on any atom is -0.481 e. The predicted molar refractivity (Wildman–Crippen MR) is 133 cm³/mol. The Hall–Kier alpha value is -3.74. The minimum absolute atomic E-state index is 0.0946. The molecule has 1 aliphatic rings. The molecule has 7 nitrogen and oxygen atoms in total. The SMILES string of the molecule is Cc1nc2nc(-c3cccc(-c4ccccc4)c3)nn2c(N2CCC(C)(C)CC2)c1CC(=O)O. The number of piperidine rings is 1. The van der Waals surface area contributed by atoms with Crippen LogP contribution in [0.2, 0.25) is 0 Å². The summed E-state index contributed by atoms with van der Waals surface area (Å²) in [6, 6.07) is 18.4. The predicted octanol–water partition coefficient (Wildman–Crippen LogP) is 5.02. The largest absolute Gasteiger partial charge is 0.481 e. The molecule has 0 radical (unpaired) electrons. The van der Waals surface area contributed by atoms with Crippen LogP contribution in [0.3, 0.4) is 0 Å². The van der Waals surface area contributed by atoms with Crippen molar-refractivity contribution < 1.29 is 9.90 Å². The van der Waals surface area contributed by atoms with Crippen LogP contribution in [0.5, 0.6) is 0 Å². The quantitative estimate of drug-likeness (QED) is 0.455. The Morgan fingerprint density at radius 3 is 2.35 bits per heavy atom. The molecule has 0 aliphatic carbocycles. The second kappa shape index (κ2) is 8.56. The van der Waals surface area contributed by atoms with E-state index in [1.807, 2.05) is 37.3 Å².